The smallest absolute Gasteiger partial charge is 0.325 e. The number of Topliss-reactive ketones (excluding diaryl/α,β-unsaturated/α-hetero) is 4. The second kappa shape index (κ2) is 11.6. The zero-order valence-electron chi connectivity index (χ0n) is 24.9. The summed E-state index contributed by atoms with van der Waals surface area (Å²) in [6.07, 6.45) is -0.0237. The van der Waals surface area contributed by atoms with E-state index in [0.29, 0.717) is 16.7 Å². The van der Waals surface area contributed by atoms with E-state index in [1.54, 1.807) is 31.2 Å². The Morgan fingerprint density at radius 3 is 2.44 bits per heavy atom. The molecule has 0 aliphatic heterocycles. The number of carbonyl (C=O) groups excluding carboxylic acids is 7. The predicted octanol–water partition coefficient (Wildman–Crippen LogP) is -0.173. The van der Waals surface area contributed by atoms with Crippen molar-refractivity contribution in [3.63, 3.8) is 0 Å². The summed E-state index contributed by atoms with van der Waals surface area (Å²) in [5.74, 6) is -12.5. The largest absolute Gasteiger partial charge is 0.507 e. The van der Waals surface area contributed by atoms with E-state index >= 15 is 0 Å². The molecule has 5 N–H and O–H groups in total. The minimum Gasteiger partial charge on any atom is -0.507 e. The highest BCUT2D eigenvalue weighted by molar-refractivity contribution is 6.32. The number of nitrogens with zero attached hydrogens (tertiary/aromatic N) is 1. The molecule has 2 saturated carbocycles. The number of aromatic hydroxyl groups is 1. The van der Waals surface area contributed by atoms with Gasteiger partial charge >= 0.3 is 5.97 Å². The van der Waals surface area contributed by atoms with Gasteiger partial charge in [0.1, 0.15) is 12.3 Å². The van der Waals surface area contributed by atoms with Crippen molar-refractivity contribution in [2.45, 2.75) is 31.4 Å². The van der Waals surface area contributed by atoms with Gasteiger partial charge in [0.25, 0.3) is 5.91 Å². The van der Waals surface area contributed by atoms with Gasteiger partial charge in [-0.3, -0.25) is 38.5 Å². The molecule has 0 saturated heterocycles. The molecular formula is C32H33N3O10. The highest BCUT2D eigenvalue weighted by Crippen LogP contribution is 2.51. The summed E-state index contributed by atoms with van der Waals surface area (Å²) in [4.78, 5) is 92.7. The van der Waals surface area contributed by atoms with Crippen LogP contribution in [0.2, 0.25) is 0 Å². The van der Waals surface area contributed by atoms with Crippen molar-refractivity contribution in [2.75, 3.05) is 27.2 Å². The maximum atomic E-state index is 14.0. The summed E-state index contributed by atoms with van der Waals surface area (Å²) >= 11 is 0. The molecule has 3 aliphatic rings. The van der Waals surface area contributed by atoms with Crippen molar-refractivity contribution in [2.24, 2.45) is 29.4 Å². The van der Waals surface area contributed by atoms with Crippen LogP contribution in [-0.2, 0) is 35.1 Å². The van der Waals surface area contributed by atoms with E-state index in [-0.39, 0.29) is 37.1 Å². The minimum absolute atomic E-state index is 0.0643. The number of hydrogen-bond acceptors (Lipinski definition) is 11. The van der Waals surface area contributed by atoms with E-state index in [1.165, 1.54) is 31.1 Å². The van der Waals surface area contributed by atoms with Crippen molar-refractivity contribution >= 4 is 40.9 Å². The number of aliphatic hydroxyl groups is 1. The van der Waals surface area contributed by atoms with Crippen molar-refractivity contribution in [1.82, 2.24) is 10.2 Å². The number of phenolic OH excluding ortho intramolecular Hbond substituents is 1. The maximum absolute atomic E-state index is 14.0. The Balaban J connectivity index is 1.55. The topological polar surface area (TPSA) is 210 Å². The van der Waals surface area contributed by atoms with Crippen LogP contribution in [0.4, 0.5) is 0 Å². The fourth-order valence-corrected chi connectivity index (χ4v) is 7.17. The van der Waals surface area contributed by atoms with Crippen LogP contribution in [0.15, 0.2) is 36.4 Å². The number of ketones is 4. The minimum atomic E-state index is -2.81. The number of likely N-dealkylation sites (N-methyl/N-ethyl adjacent to an activating group) is 1. The van der Waals surface area contributed by atoms with Gasteiger partial charge in [-0.2, -0.15) is 0 Å². The van der Waals surface area contributed by atoms with Crippen LogP contribution >= 0.6 is 0 Å². The summed E-state index contributed by atoms with van der Waals surface area (Å²) in [6.45, 7) is 1.48. The molecule has 5 rings (SSSR count). The Morgan fingerprint density at radius 1 is 1.09 bits per heavy atom. The molecule has 13 nitrogen and oxygen atoms in total. The molecule has 6 unspecified atom stereocenters. The molecular weight excluding hydrogens is 586 g/mol. The lowest BCUT2D eigenvalue weighted by molar-refractivity contribution is -0.181. The lowest BCUT2D eigenvalue weighted by atomic mass is 9.52. The number of benzene rings is 2. The van der Waals surface area contributed by atoms with Crippen LogP contribution in [0.1, 0.15) is 39.6 Å². The number of rotatable bonds is 7. The van der Waals surface area contributed by atoms with Crippen LogP contribution in [0.3, 0.4) is 0 Å². The van der Waals surface area contributed by atoms with Gasteiger partial charge in [0, 0.05) is 11.5 Å². The molecule has 6 atom stereocenters. The lowest BCUT2D eigenvalue weighted by Crippen LogP contribution is -2.74. The molecule has 2 aromatic rings. The van der Waals surface area contributed by atoms with Crippen LogP contribution < -0.4 is 11.1 Å². The normalized spacial score (nSPS) is 27.4. The highest BCUT2D eigenvalue weighted by atomic mass is 16.5. The van der Waals surface area contributed by atoms with E-state index in [0.717, 1.165) is 0 Å². The molecule has 0 heterocycles. The monoisotopic (exact) mass is 619 g/mol. The molecule has 236 valence electrons. The second-order valence-corrected chi connectivity index (χ2v) is 11.8. The van der Waals surface area contributed by atoms with Gasteiger partial charge < -0.3 is 26.0 Å². The number of nitrogens with two attached hydrogens (primary N) is 1. The third-order valence-electron chi connectivity index (χ3n) is 9.08. The standard InChI is InChI=1S/C32H33N3O10/c1-4-45-21(37)13-34-31(43)15-7-5-6-14(10-15)17-8-9-20(36)23-18(17)11-16-12-19-25(35(2)3)27(39)24(30(33)42)29(41)32(19,44)28(40)22(16)26(23)38/h5-10,16,19,22,24-25,36,44H,4,11-13H2,1-3H3,(H2,33,42)(H,34,43). The number of nitrogens with one attached hydrogen (secondary N) is 1. The number of fused-ring (bicyclic) bond motifs is 3. The number of carbonyl (C=O) groups is 7. The molecule has 0 radical (unpaired) electrons. The summed E-state index contributed by atoms with van der Waals surface area (Å²) in [5, 5.41) is 25.0. The van der Waals surface area contributed by atoms with Gasteiger partial charge in [0.2, 0.25) is 5.91 Å². The predicted molar refractivity (Wildman–Crippen MR) is 156 cm³/mol. The molecule has 13 heteroatoms. The number of esters is 1. The molecule has 45 heavy (non-hydrogen) atoms. The van der Waals surface area contributed by atoms with E-state index in [2.05, 4.69) is 5.32 Å². The first-order chi connectivity index (χ1) is 21.2. The maximum Gasteiger partial charge on any atom is 0.325 e. The second-order valence-electron chi connectivity index (χ2n) is 11.8. The average molecular weight is 620 g/mol. The SMILES string of the molecule is CCOC(=O)CNC(=O)c1cccc(-c2ccc(O)c3c2CC2CC4C(N(C)C)C(=O)C(C(N)=O)C(=O)C4(O)C(=O)C2C3=O)c1. The molecule has 2 aromatic carbocycles. The fourth-order valence-electron chi connectivity index (χ4n) is 7.17. The van der Waals surface area contributed by atoms with Crippen molar-refractivity contribution in [3.05, 3.63) is 53.1 Å². The number of ether oxygens (including phenoxy) is 1. The Morgan fingerprint density at radius 2 is 1.80 bits per heavy atom. The summed E-state index contributed by atoms with van der Waals surface area (Å²) < 4.78 is 4.83. The fraction of sp³-hybridized carbons (Fsp3) is 0.406. The zero-order valence-corrected chi connectivity index (χ0v) is 24.9. The third kappa shape index (κ3) is 5.01. The molecule has 0 bridgehead atoms. The molecule has 2 amide bonds. The van der Waals surface area contributed by atoms with Gasteiger partial charge in [0.05, 0.1) is 24.1 Å². The zero-order chi connectivity index (χ0) is 33.0. The Labute approximate surface area is 257 Å². The molecule has 0 aromatic heterocycles. The van der Waals surface area contributed by atoms with Gasteiger partial charge in [0.15, 0.2) is 34.7 Å². The molecule has 2 fully saturated rings. The molecule has 3 aliphatic carbocycles. The van der Waals surface area contributed by atoms with Crippen LogP contribution in [-0.4, -0.2) is 94.9 Å². The summed E-state index contributed by atoms with van der Waals surface area (Å²) in [7, 11) is 3.03. The Hall–Kier alpha value is -4.75. The summed E-state index contributed by atoms with van der Waals surface area (Å²) in [6, 6.07) is 8.05. The van der Waals surface area contributed by atoms with Crippen molar-refractivity contribution in [3.8, 4) is 16.9 Å². The average Bonchev–Trinajstić information content (AvgIpc) is 2.97. The first kappa shape index (κ1) is 31.7. The van der Waals surface area contributed by atoms with Gasteiger partial charge in [-0.05, 0) is 74.7 Å². The van der Waals surface area contributed by atoms with E-state index in [1.807, 2.05) is 0 Å². The van der Waals surface area contributed by atoms with Gasteiger partial charge in [-0.1, -0.05) is 18.2 Å². The first-order valence-corrected chi connectivity index (χ1v) is 14.5. The number of hydrogen-bond donors (Lipinski definition) is 4. The van der Waals surface area contributed by atoms with Crippen LogP contribution in [0.25, 0.3) is 11.1 Å². The van der Waals surface area contributed by atoms with E-state index in [9.17, 15) is 43.8 Å². The number of amides is 2. The van der Waals surface area contributed by atoms with Crippen LogP contribution in [0, 0.1) is 23.7 Å². The van der Waals surface area contributed by atoms with Crippen molar-refractivity contribution in [1.29, 1.82) is 0 Å². The van der Waals surface area contributed by atoms with Crippen LogP contribution in [0.5, 0.6) is 5.75 Å². The van der Waals surface area contributed by atoms with E-state index in [4.69, 9.17) is 10.5 Å². The molecule has 0 spiro atoms. The number of phenols is 1. The quantitative estimate of drug-likeness (QED) is 0.236. The van der Waals surface area contributed by atoms with E-state index < -0.39 is 82.0 Å². The first-order valence-electron chi connectivity index (χ1n) is 14.5. The Bertz CT molecular complexity index is 1670. The third-order valence-corrected chi connectivity index (χ3v) is 9.08. The number of primary amides is 1. The van der Waals surface area contributed by atoms with Crippen molar-refractivity contribution < 1.29 is 48.5 Å². The van der Waals surface area contributed by atoms with Gasteiger partial charge in [-0.25, -0.2) is 0 Å². The van der Waals surface area contributed by atoms with Gasteiger partial charge in [-0.15, -0.1) is 0 Å². The highest BCUT2D eigenvalue weighted by Gasteiger charge is 2.69. The summed E-state index contributed by atoms with van der Waals surface area (Å²) in [5.41, 5.74) is 4.01. The lowest BCUT2D eigenvalue weighted by Gasteiger charge is -2.52. The Kier molecular flexibility index (Phi) is 8.19.